The summed E-state index contributed by atoms with van der Waals surface area (Å²) in [7, 11) is 4.10. The van der Waals surface area contributed by atoms with E-state index in [1.807, 2.05) is 53.4 Å². The molecule has 0 aliphatic carbocycles. The Hall–Kier alpha value is -3.45. The number of nitrogens with one attached hydrogen (secondary N) is 2. The van der Waals surface area contributed by atoms with E-state index in [2.05, 4.69) is 33.9 Å². The lowest BCUT2D eigenvalue weighted by molar-refractivity contribution is 0.0783. The number of nitrogens with zero attached hydrogens (tertiary/aromatic N) is 3. The van der Waals surface area contributed by atoms with Gasteiger partial charge in [-0.25, -0.2) is 4.98 Å². The first kappa shape index (κ1) is 18.6. The molecule has 2 aromatic carbocycles. The number of hydrogen-bond donors (Lipinski definition) is 2. The van der Waals surface area contributed by atoms with Crippen molar-refractivity contribution in [3.63, 3.8) is 0 Å². The smallest absolute Gasteiger partial charge is 0.276 e. The highest BCUT2D eigenvalue weighted by atomic mass is 16.2. The fraction of sp³-hybridized carbons (Fsp3) is 0.261. The van der Waals surface area contributed by atoms with Crippen LogP contribution in [0.15, 0.2) is 53.3 Å². The molecule has 5 rings (SSSR count). The average molecular weight is 401 g/mol. The van der Waals surface area contributed by atoms with Crippen LogP contribution in [0, 0.1) is 0 Å². The average Bonchev–Trinajstić information content (AvgIpc) is 3.39. The molecule has 1 amide bonds. The third-order valence-corrected chi connectivity index (χ3v) is 5.90. The summed E-state index contributed by atoms with van der Waals surface area (Å²) in [6, 6.07) is 15.3. The van der Waals surface area contributed by atoms with Gasteiger partial charge in [0.2, 0.25) is 0 Å². The number of aromatic nitrogens is 3. The van der Waals surface area contributed by atoms with Crippen molar-refractivity contribution in [1.82, 2.24) is 24.8 Å². The van der Waals surface area contributed by atoms with E-state index in [1.54, 1.807) is 0 Å². The minimum atomic E-state index is -0.247. The van der Waals surface area contributed by atoms with E-state index in [0.29, 0.717) is 28.5 Å². The molecule has 1 fully saturated rings. The zero-order chi connectivity index (χ0) is 20.8. The molecular weight excluding hydrogens is 378 g/mol. The van der Waals surface area contributed by atoms with Crippen LogP contribution in [0.1, 0.15) is 16.8 Å². The second-order valence-electron chi connectivity index (χ2n) is 8.07. The fourth-order valence-corrected chi connectivity index (χ4v) is 4.14. The summed E-state index contributed by atoms with van der Waals surface area (Å²) in [5, 5.41) is 0.883. The van der Waals surface area contributed by atoms with Gasteiger partial charge in [0, 0.05) is 35.6 Å². The molecule has 0 saturated carbocycles. The van der Waals surface area contributed by atoms with Crippen molar-refractivity contribution in [2.45, 2.75) is 12.5 Å². The summed E-state index contributed by atoms with van der Waals surface area (Å²) in [5.41, 5.74) is 3.68. The molecule has 0 bridgehead atoms. The quantitative estimate of drug-likeness (QED) is 0.553. The molecule has 2 aromatic heterocycles. The second-order valence-corrected chi connectivity index (χ2v) is 8.07. The van der Waals surface area contributed by atoms with Gasteiger partial charge in [0.05, 0.1) is 16.7 Å². The zero-order valence-electron chi connectivity index (χ0n) is 17.0. The molecule has 3 heterocycles. The number of likely N-dealkylation sites (N-methyl/N-ethyl adjacent to an activating group) is 1. The van der Waals surface area contributed by atoms with Gasteiger partial charge in [-0.2, -0.15) is 0 Å². The molecule has 0 radical (unpaired) electrons. The molecular formula is C23H23N5O2. The molecule has 1 aliphatic heterocycles. The first-order chi connectivity index (χ1) is 14.5. The van der Waals surface area contributed by atoms with Crippen LogP contribution in [0.2, 0.25) is 0 Å². The number of amides is 1. The van der Waals surface area contributed by atoms with Crippen LogP contribution in [-0.4, -0.2) is 63.9 Å². The van der Waals surface area contributed by atoms with Crippen molar-refractivity contribution < 1.29 is 4.79 Å². The number of fused-ring (bicyclic) bond motifs is 2. The molecule has 1 aliphatic rings. The maximum Gasteiger partial charge on any atom is 0.276 e. The van der Waals surface area contributed by atoms with Crippen LogP contribution in [-0.2, 0) is 0 Å². The maximum atomic E-state index is 13.0. The number of likely N-dealkylation sites (tertiary alicyclic amines) is 1. The number of benzene rings is 2. The van der Waals surface area contributed by atoms with Crippen LogP contribution < -0.4 is 5.56 Å². The van der Waals surface area contributed by atoms with Crippen molar-refractivity contribution in [2.75, 3.05) is 27.2 Å². The van der Waals surface area contributed by atoms with Crippen LogP contribution >= 0.6 is 0 Å². The van der Waals surface area contributed by atoms with Gasteiger partial charge in [-0.1, -0.05) is 12.1 Å². The van der Waals surface area contributed by atoms with Crippen LogP contribution in [0.25, 0.3) is 33.3 Å². The van der Waals surface area contributed by atoms with E-state index in [-0.39, 0.29) is 11.5 Å². The van der Waals surface area contributed by atoms with E-state index in [4.69, 9.17) is 0 Å². The van der Waals surface area contributed by atoms with Gasteiger partial charge in [-0.05, 0) is 56.9 Å². The summed E-state index contributed by atoms with van der Waals surface area (Å²) in [4.78, 5) is 40.3. The summed E-state index contributed by atoms with van der Waals surface area (Å²) in [6.45, 7) is 1.52. The minimum absolute atomic E-state index is 0.0469. The highest BCUT2D eigenvalue weighted by Crippen LogP contribution is 2.24. The Balaban J connectivity index is 1.48. The Bertz CT molecular complexity index is 1320. The summed E-state index contributed by atoms with van der Waals surface area (Å²) in [6.07, 6.45) is 0.992. The SMILES string of the molecule is CN(C)C1CCN(C(=O)c2ccc3[nH]c(-c4nc5ccccc5[nH]c4=O)cc3c2)C1. The number of rotatable bonds is 3. The number of carbonyl (C=O) groups is 1. The molecule has 7 nitrogen and oxygen atoms in total. The van der Waals surface area contributed by atoms with E-state index in [0.717, 1.165) is 35.9 Å². The maximum absolute atomic E-state index is 13.0. The van der Waals surface area contributed by atoms with Crippen LogP contribution in [0.5, 0.6) is 0 Å². The molecule has 30 heavy (non-hydrogen) atoms. The number of hydrogen-bond acceptors (Lipinski definition) is 4. The van der Waals surface area contributed by atoms with Gasteiger partial charge in [-0.15, -0.1) is 0 Å². The largest absolute Gasteiger partial charge is 0.353 e. The van der Waals surface area contributed by atoms with Gasteiger partial charge >= 0.3 is 0 Å². The van der Waals surface area contributed by atoms with Crippen molar-refractivity contribution in [3.05, 3.63) is 64.4 Å². The number of para-hydroxylation sites is 2. The van der Waals surface area contributed by atoms with Crippen molar-refractivity contribution >= 4 is 27.8 Å². The highest BCUT2D eigenvalue weighted by Gasteiger charge is 2.28. The van der Waals surface area contributed by atoms with E-state index in [9.17, 15) is 9.59 Å². The molecule has 1 atom stereocenters. The monoisotopic (exact) mass is 401 g/mol. The van der Waals surface area contributed by atoms with Crippen LogP contribution in [0.3, 0.4) is 0 Å². The predicted molar refractivity (Wildman–Crippen MR) is 118 cm³/mol. The minimum Gasteiger partial charge on any atom is -0.353 e. The molecule has 4 aromatic rings. The van der Waals surface area contributed by atoms with E-state index < -0.39 is 0 Å². The van der Waals surface area contributed by atoms with E-state index in [1.165, 1.54) is 0 Å². The van der Waals surface area contributed by atoms with Gasteiger partial charge < -0.3 is 19.8 Å². The Morgan fingerprint density at radius 1 is 1.10 bits per heavy atom. The van der Waals surface area contributed by atoms with Gasteiger partial charge in [0.25, 0.3) is 11.5 Å². The lowest BCUT2D eigenvalue weighted by atomic mass is 10.1. The van der Waals surface area contributed by atoms with Crippen LogP contribution in [0.4, 0.5) is 0 Å². The van der Waals surface area contributed by atoms with Crippen molar-refractivity contribution in [1.29, 1.82) is 0 Å². The Kier molecular flexibility index (Phi) is 4.40. The predicted octanol–water partition coefficient (Wildman–Crippen LogP) is 2.85. The van der Waals surface area contributed by atoms with Crippen molar-refractivity contribution in [2.24, 2.45) is 0 Å². The van der Waals surface area contributed by atoms with Crippen molar-refractivity contribution in [3.8, 4) is 11.4 Å². The first-order valence-electron chi connectivity index (χ1n) is 10.1. The normalized spacial score (nSPS) is 16.8. The lowest BCUT2D eigenvalue weighted by Gasteiger charge is -2.20. The number of aromatic amines is 2. The Morgan fingerprint density at radius 3 is 2.73 bits per heavy atom. The molecule has 2 N–H and O–H groups in total. The van der Waals surface area contributed by atoms with Gasteiger partial charge in [0.1, 0.15) is 0 Å². The molecule has 7 heteroatoms. The summed E-state index contributed by atoms with van der Waals surface area (Å²) >= 11 is 0. The fourth-order valence-electron chi connectivity index (χ4n) is 4.14. The third-order valence-electron chi connectivity index (χ3n) is 5.90. The zero-order valence-corrected chi connectivity index (χ0v) is 17.0. The third kappa shape index (κ3) is 3.17. The van der Waals surface area contributed by atoms with Gasteiger partial charge in [0.15, 0.2) is 5.69 Å². The second kappa shape index (κ2) is 7.11. The molecule has 0 spiro atoms. The Labute approximate surface area is 173 Å². The molecule has 152 valence electrons. The standard InChI is InChI=1S/C23H23N5O2/c1-27(2)16-9-10-28(13-16)23(30)14-7-8-17-15(11-14)12-20(24-17)21-22(29)26-19-6-4-3-5-18(19)25-21/h3-8,11-12,16,24H,9-10,13H2,1-2H3,(H,26,29). The van der Waals surface area contributed by atoms with E-state index >= 15 is 0 Å². The Morgan fingerprint density at radius 2 is 1.93 bits per heavy atom. The summed E-state index contributed by atoms with van der Waals surface area (Å²) < 4.78 is 0. The number of carbonyl (C=O) groups excluding carboxylic acids is 1. The molecule has 1 unspecified atom stereocenters. The molecule has 1 saturated heterocycles. The lowest BCUT2D eigenvalue weighted by Crippen LogP contribution is -2.34. The summed E-state index contributed by atoms with van der Waals surface area (Å²) in [5.74, 6) is 0.0469. The topological polar surface area (TPSA) is 85.1 Å². The first-order valence-corrected chi connectivity index (χ1v) is 10.1. The highest BCUT2D eigenvalue weighted by molar-refractivity contribution is 5.99. The number of H-pyrrole nitrogens is 2. The van der Waals surface area contributed by atoms with Gasteiger partial charge in [-0.3, -0.25) is 9.59 Å².